The molecule has 0 spiro atoms. The summed E-state index contributed by atoms with van der Waals surface area (Å²) in [5.74, 6) is 0. The van der Waals surface area contributed by atoms with Crippen molar-refractivity contribution in [2.24, 2.45) is 0 Å². The van der Waals surface area contributed by atoms with Crippen LogP contribution in [0.25, 0.3) is 0 Å². The Balaban J connectivity index is 2.22. The van der Waals surface area contributed by atoms with Gasteiger partial charge in [0, 0.05) is 12.0 Å². The maximum Gasteiger partial charge on any atom is 0.0845 e. The normalized spacial score (nSPS) is 12.4. The molecule has 2 rings (SSSR count). The van der Waals surface area contributed by atoms with Crippen LogP contribution in [0.15, 0.2) is 42.5 Å². The number of hydrogen-bond acceptors (Lipinski definition) is 1. The van der Waals surface area contributed by atoms with Gasteiger partial charge in [-0.1, -0.05) is 65.2 Å². The fourth-order valence-electron chi connectivity index (χ4n) is 1.95. The van der Waals surface area contributed by atoms with Gasteiger partial charge in [0.25, 0.3) is 0 Å². The molecule has 0 saturated carbocycles. The van der Waals surface area contributed by atoms with Crippen molar-refractivity contribution >= 4 is 23.2 Å². The van der Waals surface area contributed by atoms with Crippen LogP contribution in [-0.4, -0.2) is 5.11 Å². The third-order valence-electron chi connectivity index (χ3n) is 2.85. The predicted molar refractivity (Wildman–Crippen MR) is 76.3 cm³/mol. The van der Waals surface area contributed by atoms with Crippen molar-refractivity contribution in [2.75, 3.05) is 0 Å². The number of benzene rings is 2. The lowest BCUT2D eigenvalue weighted by atomic mass is 10.0. The van der Waals surface area contributed by atoms with E-state index in [1.54, 1.807) is 18.2 Å². The predicted octanol–water partition coefficient (Wildman–Crippen LogP) is 4.58. The zero-order valence-corrected chi connectivity index (χ0v) is 11.5. The summed E-state index contributed by atoms with van der Waals surface area (Å²) >= 11 is 12.0. The molecule has 1 N–H and O–H groups in total. The number of aliphatic hydroxyl groups excluding tert-OH is 1. The first-order chi connectivity index (χ1) is 8.58. The van der Waals surface area contributed by atoms with Crippen LogP contribution in [0, 0.1) is 6.92 Å². The molecule has 0 aliphatic heterocycles. The molecule has 3 heteroatoms. The van der Waals surface area contributed by atoms with Crippen molar-refractivity contribution in [3.8, 4) is 0 Å². The van der Waals surface area contributed by atoms with E-state index in [9.17, 15) is 5.11 Å². The monoisotopic (exact) mass is 280 g/mol. The number of halogens is 2. The van der Waals surface area contributed by atoms with Gasteiger partial charge in [-0.2, -0.15) is 0 Å². The van der Waals surface area contributed by atoms with E-state index in [0.29, 0.717) is 22.0 Å². The Labute approximate surface area is 117 Å². The third kappa shape index (κ3) is 3.05. The van der Waals surface area contributed by atoms with Crippen molar-refractivity contribution in [1.29, 1.82) is 0 Å². The zero-order chi connectivity index (χ0) is 13.1. The van der Waals surface area contributed by atoms with Gasteiger partial charge in [0.15, 0.2) is 0 Å². The molecule has 0 aliphatic carbocycles. The van der Waals surface area contributed by atoms with Crippen molar-refractivity contribution < 1.29 is 5.11 Å². The first kappa shape index (κ1) is 13.4. The van der Waals surface area contributed by atoms with Crippen LogP contribution >= 0.6 is 23.2 Å². The maximum atomic E-state index is 10.2. The highest BCUT2D eigenvalue weighted by Gasteiger charge is 2.14. The number of aryl methyl sites for hydroxylation is 1. The molecule has 0 heterocycles. The van der Waals surface area contributed by atoms with Gasteiger partial charge in [0.2, 0.25) is 0 Å². The van der Waals surface area contributed by atoms with E-state index in [1.807, 2.05) is 25.1 Å². The van der Waals surface area contributed by atoms with Gasteiger partial charge < -0.3 is 5.11 Å². The lowest BCUT2D eigenvalue weighted by Crippen LogP contribution is -2.03. The summed E-state index contributed by atoms with van der Waals surface area (Å²) in [4.78, 5) is 0. The van der Waals surface area contributed by atoms with E-state index in [4.69, 9.17) is 23.2 Å². The maximum absolute atomic E-state index is 10.2. The standard InChI is InChI=1S/C15H14Cl2O/c1-10-4-2-5-11(8-10)9-14(18)12-6-3-7-13(16)15(12)17/h2-8,14,18H,9H2,1H3. The summed E-state index contributed by atoms with van der Waals surface area (Å²) in [7, 11) is 0. The Morgan fingerprint density at radius 2 is 1.83 bits per heavy atom. The van der Waals surface area contributed by atoms with Gasteiger partial charge >= 0.3 is 0 Å². The van der Waals surface area contributed by atoms with Crippen molar-refractivity contribution in [2.45, 2.75) is 19.4 Å². The van der Waals surface area contributed by atoms with E-state index in [0.717, 1.165) is 5.56 Å². The summed E-state index contributed by atoms with van der Waals surface area (Å²) in [5.41, 5.74) is 2.93. The fourth-order valence-corrected chi connectivity index (χ4v) is 2.38. The van der Waals surface area contributed by atoms with Crippen LogP contribution in [0.3, 0.4) is 0 Å². The first-order valence-electron chi connectivity index (χ1n) is 5.75. The summed E-state index contributed by atoms with van der Waals surface area (Å²) in [6.45, 7) is 2.03. The highest BCUT2D eigenvalue weighted by molar-refractivity contribution is 6.42. The van der Waals surface area contributed by atoms with E-state index in [2.05, 4.69) is 6.07 Å². The fraction of sp³-hybridized carbons (Fsp3) is 0.200. The van der Waals surface area contributed by atoms with Crippen molar-refractivity contribution in [3.63, 3.8) is 0 Å². The molecule has 0 fully saturated rings. The van der Waals surface area contributed by atoms with E-state index in [1.165, 1.54) is 5.56 Å². The van der Waals surface area contributed by atoms with Crippen molar-refractivity contribution in [1.82, 2.24) is 0 Å². The minimum Gasteiger partial charge on any atom is -0.388 e. The van der Waals surface area contributed by atoms with Crippen LogP contribution in [-0.2, 0) is 6.42 Å². The number of aliphatic hydroxyl groups is 1. The average molecular weight is 281 g/mol. The summed E-state index contributed by atoms with van der Waals surface area (Å²) in [6, 6.07) is 13.4. The summed E-state index contributed by atoms with van der Waals surface area (Å²) in [6.07, 6.45) is -0.111. The van der Waals surface area contributed by atoms with E-state index in [-0.39, 0.29) is 0 Å². The molecule has 2 aromatic carbocycles. The topological polar surface area (TPSA) is 20.2 Å². The molecule has 94 valence electrons. The van der Waals surface area contributed by atoms with Crippen LogP contribution in [0.4, 0.5) is 0 Å². The van der Waals surface area contributed by atoms with Crippen LogP contribution in [0.5, 0.6) is 0 Å². The zero-order valence-electron chi connectivity index (χ0n) is 10.0. The third-order valence-corrected chi connectivity index (χ3v) is 3.69. The molecule has 1 nitrogen and oxygen atoms in total. The SMILES string of the molecule is Cc1cccc(CC(O)c2cccc(Cl)c2Cl)c1. The van der Waals surface area contributed by atoms with Gasteiger partial charge in [0.05, 0.1) is 16.1 Å². The summed E-state index contributed by atoms with van der Waals surface area (Å²) in [5, 5.41) is 11.1. The Bertz CT molecular complexity index is 552. The second-order valence-corrected chi connectivity index (χ2v) is 5.14. The molecule has 1 unspecified atom stereocenters. The Kier molecular flexibility index (Phi) is 4.28. The lowest BCUT2D eigenvalue weighted by Gasteiger charge is -2.13. The molecule has 2 aromatic rings. The number of hydrogen-bond donors (Lipinski definition) is 1. The highest BCUT2D eigenvalue weighted by Crippen LogP contribution is 2.31. The molecule has 0 aromatic heterocycles. The minimum absolute atomic E-state index is 0.430. The first-order valence-corrected chi connectivity index (χ1v) is 6.51. The molecule has 0 radical (unpaired) electrons. The lowest BCUT2D eigenvalue weighted by molar-refractivity contribution is 0.178. The molecular weight excluding hydrogens is 267 g/mol. The van der Waals surface area contributed by atoms with Gasteiger partial charge in [-0.25, -0.2) is 0 Å². The Morgan fingerprint density at radius 3 is 2.56 bits per heavy atom. The van der Waals surface area contributed by atoms with Crippen LogP contribution in [0.1, 0.15) is 22.8 Å². The highest BCUT2D eigenvalue weighted by atomic mass is 35.5. The van der Waals surface area contributed by atoms with E-state index >= 15 is 0 Å². The molecule has 18 heavy (non-hydrogen) atoms. The minimum atomic E-state index is -0.641. The molecular formula is C15H14Cl2O. The Hall–Kier alpha value is -1.02. The van der Waals surface area contributed by atoms with Gasteiger partial charge in [-0.3, -0.25) is 0 Å². The molecule has 1 atom stereocenters. The van der Waals surface area contributed by atoms with E-state index < -0.39 is 6.10 Å². The second-order valence-electron chi connectivity index (χ2n) is 4.35. The smallest absolute Gasteiger partial charge is 0.0845 e. The number of rotatable bonds is 3. The molecule has 0 amide bonds. The van der Waals surface area contributed by atoms with Crippen molar-refractivity contribution in [3.05, 3.63) is 69.2 Å². The quantitative estimate of drug-likeness (QED) is 0.873. The van der Waals surface area contributed by atoms with Crippen LogP contribution < -0.4 is 0 Å². The van der Waals surface area contributed by atoms with Crippen LogP contribution in [0.2, 0.25) is 10.0 Å². The van der Waals surface area contributed by atoms with Gasteiger partial charge in [-0.05, 0) is 18.6 Å². The largest absolute Gasteiger partial charge is 0.388 e. The molecule has 0 aliphatic rings. The summed E-state index contributed by atoms with van der Waals surface area (Å²) < 4.78 is 0. The Morgan fingerprint density at radius 1 is 1.11 bits per heavy atom. The van der Waals surface area contributed by atoms with Gasteiger partial charge in [-0.15, -0.1) is 0 Å². The molecule has 0 saturated heterocycles. The average Bonchev–Trinajstić information content (AvgIpc) is 2.32. The molecule has 0 bridgehead atoms. The van der Waals surface area contributed by atoms with Gasteiger partial charge in [0.1, 0.15) is 0 Å². The second kappa shape index (κ2) is 5.75.